The molecule has 0 bridgehead atoms. The lowest BCUT2D eigenvalue weighted by atomic mass is 10.2. The van der Waals surface area contributed by atoms with Crippen LogP contribution in [0.25, 0.3) is 21.6 Å². The number of amides is 2. The number of carbonyl (C=O) groups is 2. The molecule has 5 heterocycles. The maximum atomic E-state index is 14.0. The maximum Gasteiger partial charge on any atom is 0.282 e. The van der Waals surface area contributed by atoms with E-state index in [1.165, 1.54) is 29.7 Å². The molecule has 1 aliphatic rings. The van der Waals surface area contributed by atoms with Gasteiger partial charge >= 0.3 is 0 Å². The number of rotatable bonds is 8. The molecule has 4 aromatic heterocycles. The monoisotopic (exact) mass is 540 g/mol. The van der Waals surface area contributed by atoms with E-state index in [2.05, 4.69) is 37.1 Å². The Morgan fingerprint density at radius 3 is 2.92 bits per heavy atom. The van der Waals surface area contributed by atoms with Gasteiger partial charge in [0.25, 0.3) is 5.91 Å². The third-order valence-corrected chi connectivity index (χ3v) is 6.74. The Hall–Kier alpha value is -4.30. The van der Waals surface area contributed by atoms with Crippen molar-refractivity contribution in [2.45, 2.75) is 12.6 Å². The number of imidazole rings is 1. The average molecular weight is 541 g/mol. The number of pyridine rings is 2. The van der Waals surface area contributed by atoms with E-state index in [-0.39, 0.29) is 32.0 Å². The molecule has 2 amide bonds. The van der Waals surface area contributed by atoms with Gasteiger partial charge in [-0.2, -0.15) is 0 Å². The van der Waals surface area contributed by atoms with Crippen LogP contribution in [0.3, 0.4) is 0 Å². The van der Waals surface area contributed by atoms with Crippen LogP contribution in [0.15, 0.2) is 55.5 Å². The van der Waals surface area contributed by atoms with Crippen molar-refractivity contribution in [3.05, 3.63) is 61.3 Å². The van der Waals surface area contributed by atoms with Crippen LogP contribution in [0.4, 0.5) is 19.7 Å². The third-order valence-electron chi connectivity index (χ3n) is 5.82. The molecule has 4 aromatic rings. The number of carbonyl (C=O) groups excluding carboxylic acids is 2. The SMILES string of the molecule is C=C(F)C(=O)N1CCOCC1C(=O)NCCn1cnc2cnc(Nc3ncc(-c4ncccc4F)s3)cc21. The van der Waals surface area contributed by atoms with Crippen molar-refractivity contribution in [2.24, 2.45) is 0 Å². The number of nitrogens with zero attached hydrogens (tertiary/aromatic N) is 6. The number of nitrogens with one attached hydrogen (secondary N) is 2. The summed E-state index contributed by atoms with van der Waals surface area (Å²) in [6.07, 6.45) is 6.29. The first-order valence-electron chi connectivity index (χ1n) is 11.6. The molecule has 1 aliphatic heterocycles. The lowest BCUT2D eigenvalue weighted by Crippen LogP contribution is -2.56. The van der Waals surface area contributed by atoms with Gasteiger partial charge in [-0.15, -0.1) is 0 Å². The molecule has 196 valence electrons. The summed E-state index contributed by atoms with van der Waals surface area (Å²) in [5.74, 6) is -2.41. The number of morpholine rings is 1. The predicted octanol–water partition coefficient (Wildman–Crippen LogP) is 2.66. The Morgan fingerprint density at radius 2 is 2.11 bits per heavy atom. The highest BCUT2D eigenvalue weighted by atomic mass is 32.1. The number of fused-ring (bicyclic) bond motifs is 1. The zero-order valence-electron chi connectivity index (χ0n) is 19.9. The van der Waals surface area contributed by atoms with Crippen LogP contribution in [0.2, 0.25) is 0 Å². The summed E-state index contributed by atoms with van der Waals surface area (Å²) in [7, 11) is 0. The van der Waals surface area contributed by atoms with Crippen LogP contribution in [0, 0.1) is 5.82 Å². The second-order valence-electron chi connectivity index (χ2n) is 8.27. The van der Waals surface area contributed by atoms with E-state index in [0.717, 1.165) is 10.4 Å². The van der Waals surface area contributed by atoms with Gasteiger partial charge in [0.05, 0.1) is 36.1 Å². The summed E-state index contributed by atoms with van der Waals surface area (Å²) in [5, 5.41) is 6.39. The minimum Gasteiger partial charge on any atom is -0.377 e. The Balaban J connectivity index is 1.23. The molecule has 2 N–H and O–H groups in total. The lowest BCUT2D eigenvalue weighted by molar-refractivity contribution is -0.146. The minimum absolute atomic E-state index is 0.0228. The van der Waals surface area contributed by atoms with E-state index < -0.39 is 29.5 Å². The fraction of sp³-hybridized carbons (Fsp3) is 0.250. The van der Waals surface area contributed by atoms with Gasteiger partial charge < -0.3 is 24.8 Å². The van der Waals surface area contributed by atoms with Crippen molar-refractivity contribution in [1.82, 2.24) is 34.7 Å². The second kappa shape index (κ2) is 11.0. The molecule has 0 saturated carbocycles. The molecule has 0 radical (unpaired) electrons. The topological polar surface area (TPSA) is 127 Å². The fourth-order valence-electron chi connectivity index (χ4n) is 3.96. The number of aromatic nitrogens is 5. The molecule has 11 nitrogen and oxygen atoms in total. The number of ether oxygens (including phenoxy) is 1. The van der Waals surface area contributed by atoms with Crippen molar-refractivity contribution >= 4 is 45.1 Å². The maximum absolute atomic E-state index is 14.0. The van der Waals surface area contributed by atoms with E-state index in [0.29, 0.717) is 27.9 Å². The number of halogens is 2. The van der Waals surface area contributed by atoms with Crippen LogP contribution in [-0.4, -0.2) is 73.6 Å². The Labute approximate surface area is 219 Å². The van der Waals surface area contributed by atoms with Gasteiger partial charge in [0.15, 0.2) is 11.0 Å². The number of thiazole rings is 1. The van der Waals surface area contributed by atoms with Crippen molar-refractivity contribution in [1.29, 1.82) is 0 Å². The van der Waals surface area contributed by atoms with Gasteiger partial charge in [-0.05, 0) is 12.1 Å². The van der Waals surface area contributed by atoms with E-state index >= 15 is 0 Å². The average Bonchev–Trinajstić information content (AvgIpc) is 3.55. The summed E-state index contributed by atoms with van der Waals surface area (Å²) in [6.45, 7) is 3.94. The Bertz CT molecular complexity index is 1510. The van der Waals surface area contributed by atoms with E-state index in [9.17, 15) is 18.4 Å². The van der Waals surface area contributed by atoms with E-state index in [4.69, 9.17) is 4.74 Å². The van der Waals surface area contributed by atoms with Crippen LogP contribution in [0.1, 0.15) is 0 Å². The zero-order chi connectivity index (χ0) is 26.6. The minimum atomic E-state index is -1.12. The molecule has 1 atom stereocenters. The van der Waals surface area contributed by atoms with Gasteiger partial charge in [0, 0.05) is 38.1 Å². The quantitative estimate of drug-likeness (QED) is 0.327. The smallest absolute Gasteiger partial charge is 0.282 e. The van der Waals surface area contributed by atoms with Gasteiger partial charge in [0.2, 0.25) is 5.91 Å². The summed E-state index contributed by atoms with van der Waals surface area (Å²) in [5.41, 5.74) is 1.63. The van der Waals surface area contributed by atoms with Crippen LogP contribution < -0.4 is 10.6 Å². The van der Waals surface area contributed by atoms with Crippen LogP contribution in [-0.2, 0) is 20.9 Å². The third kappa shape index (κ3) is 5.35. The first-order valence-corrected chi connectivity index (χ1v) is 12.4. The molecular formula is C24H22F2N8O3S. The Kier molecular flexibility index (Phi) is 7.33. The summed E-state index contributed by atoms with van der Waals surface area (Å²) < 4.78 is 34.6. The molecule has 38 heavy (non-hydrogen) atoms. The van der Waals surface area contributed by atoms with Crippen LogP contribution >= 0.6 is 11.3 Å². The Morgan fingerprint density at radius 1 is 1.24 bits per heavy atom. The largest absolute Gasteiger partial charge is 0.377 e. The van der Waals surface area contributed by atoms with Crippen molar-refractivity contribution in [3.63, 3.8) is 0 Å². The molecule has 14 heteroatoms. The van der Waals surface area contributed by atoms with Gasteiger partial charge in [-0.25, -0.2) is 23.7 Å². The molecule has 0 spiro atoms. The van der Waals surface area contributed by atoms with Crippen LogP contribution in [0.5, 0.6) is 0 Å². The highest BCUT2D eigenvalue weighted by Gasteiger charge is 2.33. The molecule has 0 aliphatic carbocycles. The van der Waals surface area contributed by atoms with Gasteiger partial charge in [-0.3, -0.25) is 14.6 Å². The van der Waals surface area contributed by atoms with E-state index in [1.54, 1.807) is 24.8 Å². The number of hydrogen-bond donors (Lipinski definition) is 2. The van der Waals surface area contributed by atoms with Gasteiger partial charge in [0.1, 0.15) is 28.9 Å². The van der Waals surface area contributed by atoms with Crippen molar-refractivity contribution in [2.75, 3.05) is 31.6 Å². The first-order chi connectivity index (χ1) is 18.4. The molecule has 5 rings (SSSR count). The van der Waals surface area contributed by atoms with Crippen molar-refractivity contribution in [3.8, 4) is 10.6 Å². The molecule has 1 unspecified atom stereocenters. The highest BCUT2D eigenvalue weighted by Crippen LogP contribution is 2.30. The normalized spacial score (nSPS) is 15.4. The summed E-state index contributed by atoms with van der Waals surface area (Å²) >= 11 is 1.24. The fourth-order valence-corrected chi connectivity index (χ4v) is 4.78. The highest BCUT2D eigenvalue weighted by molar-refractivity contribution is 7.18. The molecule has 1 fully saturated rings. The molecular weight excluding hydrogens is 518 g/mol. The number of anilines is 2. The van der Waals surface area contributed by atoms with Crippen molar-refractivity contribution < 1.29 is 23.1 Å². The standard InChI is InChI=1S/C24H22F2N8O3S/c1-14(25)23(36)34-7-8-37-12-18(34)22(35)28-5-6-33-13-31-16-10-29-20(9-17(16)33)32-24-30-11-19(38-24)21-15(26)3-2-4-27-21/h2-4,9-11,13,18H,1,5-8,12H2,(H,28,35)(H,29,30,32). The lowest BCUT2D eigenvalue weighted by Gasteiger charge is -2.34. The summed E-state index contributed by atoms with van der Waals surface area (Å²) in [4.78, 5) is 43.5. The van der Waals surface area contributed by atoms with Gasteiger partial charge in [-0.1, -0.05) is 17.9 Å². The molecule has 1 saturated heterocycles. The predicted molar refractivity (Wildman–Crippen MR) is 136 cm³/mol. The first kappa shape index (κ1) is 25.4. The summed E-state index contributed by atoms with van der Waals surface area (Å²) in [6, 6.07) is 3.71. The number of hydrogen-bond acceptors (Lipinski definition) is 9. The second-order valence-corrected chi connectivity index (χ2v) is 9.30. The zero-order valence-corrected chi connectivity index (χ0v) is 20.8. The van der Waals surface area contributed by atoms with E-state index in [1.807, 2.05) is 4.57 Å². The molecule has 0 aromatic carbocycles.